The predicted molar refractivity (Wildman–Crippen MR) is 85.3 cm³/mol. The smallest absolute Gasteiger partial charge is 0.405 e. The lowest BCUT2D eigenvalue weighted by Gasteiger charge is -2.17. The summed E-state index contributed by atoms with van der Waals surface area (Å²) in [4.78, 5) is 15.8. The van der Waals surface area contributed by atoms with Crippen LogP contribution in [0.15, 0.2) is 66.7 Å². The van der Waals surface area contributed by atoms with E-state index in [1.807, 2.05) is 66.7 Å². The zero-order chi connectivity index (χ0) is 15.4. The first-order valence-electron chi connectivity index (χ1n) is 7.08. The van der Waals surface area contributed by atoms with Crippen LogP contribution in [-0.4, -0.2) is 11.1 Å². The van der Waals surface area contributed by atoms with E-state index in [1.54, 1.807) is 0 Å². The van der Waals surface area contributed by atoms with Gasteiger partial charge in [0.15, 0.2) is 0 Å². The highest BCUT2D eigenvalue weighted by molar-refractivity contribution is 5.78. The highest BCUT2D eigenvalue weighted by Crippen LogP contribution is 2.22. The summed E-state index contributed by atoms with van der Waals surface area (Å²) in [5.41, 5.74) is 7.87. The Bertz CT molecular complexity index is 787. The van der Waals surface area contributed by atoms with Gasteiger partial charge in [-0.1, -0.05) is 54.6 Å². The molecular weight excluding hydrogens is 276 g/mol. The molecule has 0 saturated carbocycles. The second-order valence-electron chi connectivity index (χ2n) is 5.04. The molecule has 1 heterocycles. The molecule has 4 heteroatoms. The van der Waals surface area contributed by atoms with Crippen molar-refractivity contribution in [2.75, 3.05) is 0 Å². The summed E-state index contributed by atoms with van der Waals surface area (Å²) in [5.74, 6) is 0. The van der Waals surface area contributed by atoms with Gasteiger partial charge in [-0.3, -0.25) is 4.98 Å². The summed E-state index contributed by atoms with van der Waals surface area (Å²) < 4.78 is 5.25. The Morgan fingerprint density at radius 1 is 1.00 bits per heavy atom. The molecule has 0 radical (unpaired) electrons. The molecule has 4 nitrogen and oxygen atoms in total. The number of aromatic nitrogens is 1. The topological polar surface area (TPSA) is 65.2 Å². The molecule has 0 saturated heterocycles. The van der Waals surface area contributed by atoms with E-state index in [9.17, 15) is 4.79 Å². The van der Waals surface area contributed by atoms with Crippen molar-refractivity contribution in [3.63, 3.8) is 0 Å². The number of rotatable bonds is 4. The average molecular weight is 292 g/mol. The highest BCUT2D eigenvalue weighted by Gasteiger charge is 2.16. The van der Waals surface area contributed by atoms with Crippen LogP contribution in [0.5, 0.6) is 0 Å². The average Bonchev–Trinajstić information content (AvgIpc) is 2.54. The summed E-state index contributed by atoms with van der Waals surface area (Å²) in [6, 6.07) is 21.4. The molecule has 1 amide bonds. The fourth-order valence-corrected chi connectivity index (χ4v) is 2.45. The van der Waals surface area contributed by atoms with Crippen molar-refractivity contribution in [1.29, 1.82) is 0 Å². The van der Waals surface area contributed by atoms with Gasteiger partial charge in [-0.25, -0.2) is 4.79 Å². The summed E-state index contributed by atoms with van der Waals surface area (Å²) in [6.45, 7) is 0. The SMILES string of the molecule is NC(=O)O[C@H](Cc1ccc2ccccc2n1)c1ccccc1. The zero-order valence-electron chi connectivity index (χ0n) is 12.0. The van der Waals surface area contributed by atoms with Crippen LogP contribution in [-0.2, 0) is 11.2 Å². The lowest BCUT2D eigenvalue weighted by Crippen LogP contribution is -2.19. The Kier molecular flexibility index (Phi) is 4.01. The van der Waals surface area contributed by atoms with Gasteiger partial charge in [0.2, 0.25) is 0 Å². The first-order chi connectivity index (χ1) is 10.7. The minimum Gasteiger partial charge on any atom is -0.441 e. The molecule has 22 heavy (non-hydrogen) atoms. The maximum Gasteiger partial charge on any atom is 0.405 e. The van der Waals surface area contributed by atoms with E-state index in [0.29, 0.717) is 6.42 Å². The van der Waals surface area contributed by atoms with Crippen LogP contribution in [0.2, 0.25) is 0 Å². The van der Waals surface area contributed by atoms with Crippen molar-refractivity contribution in [1.82, 2.24) is 4.98 Å². The van der Waals surface area contributed by atoms with Crippen LogP contribution in [0.4, 0.5) is 4.79 Å². The van der Waals surface area contributed by atoms with Crippen LogP contribution < -0.4 is 5.73 Å². The summed E-state index contributed by atoms with van der Waals surface area (Å²) >= 11 is 0. The second kappa shape index (κ2) is 6.26. The lowest BCUT2D eigenvalue weighted by molar-refractivity contribution is 0.106. The van der Waals surface area contributed by atoms with E-state index in [-0.39, 0.29) is 0 Å². The number of hydrogen-bond donors (Lipinski definition) is 1. The van der Waals surface area contributed by atoms with Gasteiger partial charge in [-0.2, -0.15) is 0 Å². The van der Waals surface area contributed by atoms with Gasteiger partial charge in [0.25, 0.3) is 0 Å². The first kappa shape index (κ1) is 14.1. The third-order valence-electron chi connectivity index (χ3n) is 3.48. The Morgan fingerprint density at radius 3 is 2.50 bits per heavy atom. The molecule has 0 aliphatic heterocycles. The van der Waals surface area contributed by atoms with Crippen LogP contribution in [0.3, 0.4) is 0 Å². The third-order valence-corrected chi connectivity index (χ3v) is 3.48. The van der Waals surface area contributed by atoms with Gasteiger partial charge in [-0.05, 0) is 17.7 Å². The quantitative estimate of drug-likeness (QED) is 0.798. The number of nitrogens with two attached hydrogens (primary N) is 1. The molecule has 0 bridgehead atoms. The van der Waals surface area contributed by atoms with Gasteiger partial charge in [0.1, 0.15) is 6.10 Å². The van der Waals surface area contributed by atoms with Gasteiger partial charge in [0, 0.05) is 17.5 Å². The summed E-state index contributed by atoms with van der Waals surface area (Å²) in [6.07, 6.45) is -0.736. The molecular formula is C18H16N2O2. The molecule has 3 rings (SSSR count). The number of primary amides is 1. The van der Waals surface area contributed by atoms with Gasteiger partial charge in [-0.15, -0.1) is 0 Å². The van der Waals surface area contributed by atoms with Crippen molar-refractivity contribution < 1.29 is 9.53 Å². The Morgan fingerprint density at radius 2 is 1.73 bits per heavy atom. The Balaban J connectivity index is 1.89. The standard InChI is InChI=1S/C18H16N2O2/c19-18(21)22-17(14-7-2-1-3-8-14)12-15-11-10-13-6-4-5-9-16(13)20-15/h1-11,17H,12H2,(H2,19,21)/t17-/m1/s1. The number of ether oxygens (including phenoxy) is 1. The molecule has 0 aliphatic rings. The number of fused-ring (bicyclic) bond motifs is 1. The molecule has 2 N–H and O–H groups in total. The number of amides is 1. The highest BCUT2D eigenvalue weighted by atomic mass is 16.6. The molecule has 0 unspecified atom stereocenters. The van der Waals surface area contributed by atoms with Crippen molar-refractivity contribution in [3.05, 3.63) is 78.0 Å². The summed E-state index contributed by atoms with van der Waals surface area (Å²) in [5, 5.41) is 1.08. The Hall–Kier alpha value is -2.88. The molecule has 0 aliphatic carbocycles. The zero-order valence-corrected chi connectivity index (χ0v) is 12.0. The largest absolute Gasteiger partial charge is 0.441 e. The molecule has 0 fully saturated rings. The normalized spacial score (nSPS) is 12.0. The lowest BCUT2D eigenvalue weighted by atomic mass is 10.0. The minimum absolute atomic E-state index is 0.438. The van der Waals surface area contributed by atoms with E-state index >= 15 is 0 Å². The number of carbonyl (C=O) groups is 1. The van der Waals surface area contributed by atoms with Crippen molar-refractivity contribution in [2.24, 2.45) is 5.73 Å². The molecule has 2 aromatic carbocycles. The fourth-order valence-electron chi connectivity index (χ4n) is 2.45. The van der Waals surface area contributed by atoms with Crippen LogP contribution in [0.25, 0.3) is 10.9 Å². The van der Waals surface area contributed by atoms with E-state index in [0.717, 1.165) is 22.2 Å². The monoisotopic (exact) mass is 292 g/mol. The van der Waals surface area contributed by atoms with Crippen LogP contribution >= 0.6 is 0 Å². The maximum atomic E-state index is 11.2. The molecule has 0 spiro atoms. The minimum atomic E-state index is -0.783. The molecule has 3 aromatic rings. The number of hydrogen-bond acceptors (Lipinski definition) is 3. The number of nitrogens with zero attached hydrogens (tertiary/aromatic N) is 1. The Labute approximate surface area is 128 Å². The maximum absolute atomic E-state index is 11.2. The number of carbonyl (C=O) groups excluding carboxylic acids is 1. The third kappa shape index (κ3) is 3.23. The van der Waals surface area contributed by atoms with E-state index in [2.05, 4.69) is 4.98 Å². The fraction of sp³-hybridized carbons (Fsp3) is 0.111. The van der Waals surface area contributed by atoms with E-state index in [4.69, 9.17) is 10.5 Å². The number of para-hydroxylation sites is 1. The van der Waals surface area contributed by atoms with Gasteiger partial charge < -0.3 is 10.5 Å². The van der Waals surface area contributed by atoms with Gasteiger partial charge >= 0.3 is 6.09 Å². The summed E-state index contributed by atoms with van der Waals surface area (Å²) in [7, 11) is 0. The van der Waals surface area contributed by atoms with Crippen molar-refractivity contribution >= 4 is 17.0 Å². The van der Waals surface area contributed by atoms with E-state index in [1.165, 1.54) is 0 Å². The van der Waals surface area contributed by atoms with Crippen molar-refractivity contribution in [2.45, 2.75) is 12.5 Å². The first-order valence-corrected chi connectivity index (χ1v) is 7.08. The van der Waals surface area contributed by atoms with Crippen LogP contribution in [0, 0.1) is 0 Å². The van der Waals surface area contributed by atoms with E-state index < -0.39 is 12.2 Å². The van der Waals surface area contributed by atoms with Crippen LogP contribution in [0.1, 0.15) is 17.4 Å². The van der Waals surface area contributed by atoms with Gasteiger partial charge in [0.05, 0.1) is 5.52 Å². The van der Waals surface area contributed by atoms with Crippen molar-refractivity contribution in [3.8, 4) is 0 Å². The molecule has 1 atom stereocenters. The predicted octanol–water partition coefficient (Wildman–Crippen LogP) is 3.61. The molecule has 110 valence electrons. The molecule has 1 aromatic heterocycles. The second-order valence-corrected chi connectivity index (χ2v) is 5.04. The number of benzene rings is 2. The number of pyridine rings is 1.